The number of nitrogens with two attached hydrogens (primary N) is 1. The van der Waals surface area contributed by atoms with E-state index in [4.69, 9.17) is 10.5 Å². The van der Waals surface area contributed by atoms with Crippen molar-refractivity contribution in [3.05, 3.63) is 35.1 Å². The third-order valence-corrected chi connectivity index (χ3v) is 3.60. The van der Waals surface area contributed by atoms with Crippen molar-refractivity contribution < 1.29 is 13.9 Å². The minimum atomic E-state index is -0.423. The van der Waals surface area contributed by atoms with Crippen LogP contribution in [0.4, 0.5) is 4.39 Å². The Morgan fingerprint density at radius 1 is 1.52 bits per heavy atom. The number of ether oxygens (including phenoxy) is 1. The Morgan fingerprint density at radius 3 is 3.00 bits per heavy atom. The first-order valence-electron chi connectivity index (χ1n) is 6.96. The summed E-state index contributed by atoms with van der Waals surface area (Å²) in [4.78, 5) is 12.3. The molecule has 112 valence electrons. The molecular formula is C16H19FN2O2. The van der Waals surface area contributed by atoms with Crippen LogP contribution in [0.25, 0.3) is 0 Å². The molecule has 1 aromatic carbocycles. The van der Waals surface area contributed by atoms with Gasteiger partial charge in [0.1, 0.15) is 5.82 Å². The van der Waals surface area contributed by atoms with Gasteiger partial charge in [0.2, 0.25) is 0 Å². The van der Waals surface area contributed by atoms with Crippen LogP contribution in [-0.4, -0.2) is 31.7 Å². The van der Waals surface area contributed by atoms with Crippen molar-refractivity contribution in [1.29, 1.82) is 0 Å². The van der Waals surface area contributed by atoms with E-state index in [1.165, 1.54) is 18.2 Å². The van der Waals surface area contributed by atoms with Gasteiger partial charge in [-0.15, -0.1) is 0 Å². The van der Waals surface area contributed by atoms with Gasteiger partial charge < -0.3 is 15.8 Å². The van der Waals surface area contributed by atoms with E-state index in [9.17, 15) is 9.18 Å². The molecule has 1 saturated carbocycles. The van der Waals surface area contributed by atoms with Gasteiger partial charge in [-0.3, -0.25) is 4.79 Å². The molecule has 0 spiro atoms. The number of carbonyl (C=O) groups is 1. The van der Waals surface area contributed by atoms with Crippen LogP contribution in [0.5, 0.6) is 0 Å². The fourth-order valence-corrected chi connectivity index (χ4v) is 2.51. The zero-order valence-corrected chi connectivity index (χ0v) is 12.0. The molecule has 5 heteroatoms. The van der Waals surface area contributed by atoms with Crippen molar-refractivity contribution in [2.45, 2.75) is 31.4 Å². The highest BCUT2D eigenvalue weighted by atomic mass is 19.1. The predicted octanol–water partition coefficient (Wildman–Crippen LogP) is 1.43. The Balaban J connectivity index is 2.12. The maximum atomic E-state index is 13.3. The molecule has 2 atom stereocenters. The van der Waals surface area contributed by atoms with Gasteiger partial charge >= 0.3 is 0 Å². The smallest absolute Gasteiger partial charge is 0.252 e. The molecule has 4 nitrogen and oxygen atoms in total. The van der Waals surface area contributed by atoms with E-state index in [1.54, 1.807) is 7.11 Å². The molecule has 2 unspecified atom stereocenters. The highest BCUT2D eigenvalue weighted by Gasteiger charge is 2.26. The van der Waals surface area contributed by atoms with Crippen LogP contribution >= 0.6 is 0 Å². The minimum absolute atomic E-state index is 0.0859. The fourth-order valence-electron chi connectivity index (χ4n) is 2.51. The zero-order valence-electron chi connectivity index (χ0n) is 12.0. The highest BCUT2D eigenvalue weighted by Crippen LogP contribution is 2.22. The van der Waals surface area contributed by atoms with E-state index in [2.05, 4.69) is 17.2 Å². The van der Waals surface area contributed by atoms with Crippen molar-refractivity contribution in [3.8, 4) is 11.8 Å². The van der Waals surface area contributed by atoms with Gasteiger partial charge in [-0.05, 0) is 37.5 Å². The van der Waals surface area contributed by atoms with Crippen molar-refractivity contribution in [2.75, 3.05) is 13.7 Å². The second-order valence-electron chi connectivity index (χ2n) is 5.04. The predicted molar refractivity (Wildman–Crippen MR) is 78.2 cm³/mol. The van der Waals surface area contributed by atoms with E-state index in [0.29, 0.717) is 11.1 Å². The van der Waals surface area contributed by atoms with E-state index >= 15 is 0 Å². The molecule has 1 aromatic rings. The molecule has 1 amide bonds. The minimum Gasteiger partial charge on any atom is -0.381 e. The first-order valence-corrected chi connectivity index (χ1v) is 6.96. The van der Waals surface area contributed by atoms with Crippen LogP contribution in [0.1, 0.15) is 35.2 Å². The average Bonchev–Trinajstić information content (AvgIpc) is 2.92. The summed E-state index contributed by atoms with van der Waals surface area (Å²) in [7, 11) is 1.68. The number of carbonyl (C=O) groups excluding carboxylic acids is 1. The van der Waals surface area contributed by atoms with Crippen LogP contribution in [0.3, 0.4) is 0 Å². The van der Waals surface area contributed by atoms with Crippen LogP contribution < -0.4 is 11.1 Å². The van der Waals surface area contributed by atoms with Gasteiger partial charge in [-0.25, -0.2) is 4.39 Å². The lowest BCUT2D eigenvalue weighted by Gasteiger charge is -2.14. The SMILES string of the molecule is COC1CCC(NC(=O)c2ccc(F)cc2C#CCN)C1. The van der Waals surface area contributed by atoms with Gasteiger partial charge in [0.25, 0.3) is 5.91 Å². The molecule has 0 aliphatic heterocycles. The lowest BCUT2D eigenvalue weighted by Crippen LogP contribution is -2.33. The summed E-state index contributed by atoms with van der Waals surface area (Å²) in [5, 5.41) is 2.96. The highest BCUT2D eigenvalue weighted by molar-refractivity contribution is 5.96. The van der Waals surface area contributed by atoms with Crippen molar-refractivity contribution >= 4 is 5.91 Å². The Bertz CT molecular complexity index is 577. The number of benzene rings is 1. The number of nitrogens with one attached hydrogen (secondary N) is 1. The van der Waals surface area contributed by atoms with E-state index in [1.807, 2.05) is 0 Å². The van der Waals surface area contributed by atoms with Crippen LogP contribution in [-0.2, 0) is 4.74 Å². The maximum absolute atomic E-state index is 13.3. The standard InChI is InChI=1S/C16H19FN2O2/c1-21-14-6-5-13(10-14)19-16(20)15-7-4-12(17)9-11(15)3-2-8-18/h4,7,9,13-14H,5-6,8,10,18H2,1H3,(H,19,20). The summed E-state index contributed by atoms with van der Waals surface area (Å²) in [6.07, 6.45) is 2.81. The summed E-state index contributed by atoms with van der Waals surface area (Å²) in [5.41, 5.74) is 6.06. The Morgan fingerprint density at radius 2 is 2.33 bits per heavy atom. The van der Waals surface area contributed by atoms with Gasteiger partial charge in [0.15, 0.2) is 0 Å². The summed E-state index contributed by atoms with van der Waals surface area (Å²) in [6, 6.07) is 4.05. The molecule has 1 aliphatic rings. The maximum Gasteiger partial charge on any atom is 0.252 e. The molecule has 0 aromatic heterocycles. The first kappa shape index (κ1) is 15.5. The number of hydrogen-bond acceptors (Lipinski definition) is 3. The lowest BCUT2D eigenvalue weighted by atomic mass is 10.1. The topological polar surface area (TPSA) is 64.3 Å². The molecular weight excluding hydrogens is 271 g/mol. The molecule has 0 radical (unpaired) electrons. The number of amides is 1. The summed E-state index contributed by atoms with van der Waals surface area (Å²) < 4.78 is 18.6. The van der Waals surface area contributed by atoms with Crippen molar-refractivity contribution in [3.63, 3.8) is 0 Å². The summed E-state index contributed by atoms with van der Waals surface area (Å²) in [6.45, 7) is 0.162. The molecule has 0 saturated heterocycles. The molecule has 0 bridgehead atoms. The Kier molecular flexibility index (Phi) is 5.32. The average molecular weight is 290 g/mol. The molecule has 2 rings (SSSR count). The van der Waals surface area contributed by atoms with E-state index < -0.39 is 5.82 Å². The fraction of sp³-hybridized carbons (Fsp3) is 0.438. The number of methoxy groups -OCH3 is 1. The third-order valence-electron chi connectivity index (χ3n) is 3.60. The Hall–Kier alpha value is -1.90. The van der Waals surface area contributed by atoms with Crippen molar-refractivity contribution in [1.82, 2.24) is 5.32 Å². The molecule has 3 N–H and O–H groups in total. The van der Waals surface area contributed by atoms with Gasteiger partial charge in [-0.2, -0.15) is 0 Å². The van der Waals surface area contributed by atoms with E-state index in [0.717, 1.165) is 19.3 Å². The van der Waals surface area contributed by atoms with Gasteiger partial charge in [0.05, 0.1) is 18.2 Å². The van der Waals surface area contributed by atoms with Crippen LogP contribution in [0.15, 0.2) is 18.2 Å². The third kappa shape index (κ3) is 4.03. The number of halogens is 1. The molecule has 1 fully saturated rings. The van der Waals surface area contributed by atoms with Crippen LogP contribution in [0, 0.1) is 17.7 Å². The van der Waals surface area contributed by atoms with Gasteiger partial charge in [0, 0.05) is 18.7 Å². The van der Waals surface area contributed by atoms with E-state index in [-0.39, 0.29) is 24.6 Å². The number of hydrogen-bond donors (Lipinski definition) is 2. The van der Waals surface area contributed by atoms with Crippen LogP contribution in [0.2, 0.25) is 0 Å². The quantitative estimate of drug-likeness (QED) is 0.828. The largest absolute Gasteiger partial charge is 0.381 e. The zero-order chi connectivity index (χ0) is 15.2. The monoisotopic (exact) mass is 290 g/mol. The molecule has 0 heterocycles. The molecule has 1 aliphatic carbocycles. The summed E-state index contributed by atoms with van der Waals surface area (Å²) >= 11 is 0. The number of rotatable bonds is 3. The molecule has 21 heavy (non-hydrogen) atoms. The second kappa shape index (κ2) is 7.21. The lowest BCUT2D eigenvalue weighted by molar-refractivity contribution is 0.0915. The first-order chi connectivity index (χ1) is 10.1. The normalized spacial score (nSPS) is 20.7. The summed E-state index contributed by atoms with van der Waals surface area (Å²) in [5.74, 6) is 4.73. The van der Waals surface area contributed by atoms with Crippen molar-refractivity contribution in [2.24, 2.45) is 5.73 Å². The van der Waals surface area contributed by atoms with Gasteiger partial charge in [-0.1, -0.05) is 11.8 Å². The second-order valence-corrected chi connectivity index (χ2v) is 5.04. The Labute approximate surface area is 123 Å².